The summed E-state index contributed by atoms with van der Waals surface area (Å²) in [5.74, 6) is -19.6. The molecular weight excluding hydrogens is 568 g/mol. The van der Waals surface area contributed by atoms with Crippen LogP contribution in [-0.4, -0.2) is 64.8 Å². The van der Waals surface area contributed by atoms with Crippen LogP contribution in [0, 0.1) is 46.5 Å². The van der Waals surface area contributed by atoms with Crippen molar-refractivity contribution in [1.29, 1.82) is 0 Å². The molecule has 0 unspecified atom stereocenters. The molecule has 0 heterocycles. The van der Waals surface area contributed by atoms with E-state index in [1.54, 1.807) is 0 Å². The molecule has 0 saturated carbocycles. The third kappa shape index (κ3) is 10.3. The summed E-state index contributed by atoms with van der Waals surface area (Å²) >= 11 is 0. The lowest BCUT2D eigenvalue weighted by Crippen LogP contribution is -2.16. The maximum atomic E-state index is 13.5. The molecule has 0 bridgehead atoms. The standard InChI is InChI=1S/C24H22F8O8/c25-13-11-14(26)20(30)23(19(13)29)39-17(33)1-3-35-5-7-37-9-10-38-8-6-36-4-2-18(34)40-24-21(31)15(27)12-16(28)22(24)32/h11-12H,1-10H2. The van der Waals surface area contributed by atoms with E-state index >= 15 is 0 Å². The Kier molecular flexibility index (Phi) is 13.7. The second kappa shape index (κ2) is 16.7. The molecule has 16 heteroatoms. The minimum atomic E-state index is -1.84. The van der Waals surface area contributed by atoms with E-state index in [0.29, 0.717) is 0 Å². The molecule has 0 spiro atoms. The Morgan fingerprint density at radius 3 is 0.975 bits per heavy atom. The van der Waals surface area contributed by atoms with Crippen molar-refractivity contribution in [3.63, 3.8) is 0 Å². The molecule has 40 heavy (non-hydrogen) atoms. The van der Waals surface area contributed by atoms with Gasteiger partial charge in [-0.25, -0.2) is 17.6 Å². The molecule has 0 radical (unpaired) electrons. The number of ether oxygens (including phenoxy) is 6. The van der Waals surface area contributed by atoms with Crippen molar-refractivity contribution in [3.8, 4) is 11.5 Å². The second-order valence-electron chi connectivity index (χ2n) is 7.49. The summed E-state index contributed by atoms with van der Waals surface area (Å²) in [6.07, 6.45) is -0.927. The van der Waals surface area contributed by atoms with E-state index in [0.717, 1.165) is 0 Å². The zero-order valence-corrected chi connectivity index (χ0v) is 20.5. The molecule has 8 nitrogen and oxygen atoms in total. The third-order valence-corrected chi connectivity index (χ3v) is 4.59. The Morgan fingerprint density at radius 2 is 0.700 bits per heavy atom. The molecule has 0 aliphatic carbocycles. The maximum absolute atomic E-state index is 13.5. The van der Waals surface area contributed by atoms with Crippen molar-refractivity contribution in [1.82, 2.24) is 0 Å². The van der Waals surface area contributed by atoms with Gasteiger partial charge in [0.05, 0.1) is 65.7 Å². The fraction of sp³-hybridized carbons (Fsp3) is 0.417. The van der Waals surface area contributed by atoms with E-state index in [1.165, 1.54) is 0 Å². The molecule has 0 aliphatic rings. The van der Waals surface area contributed by atoms with Crippen LogP contribution in [0.2, 0.25) is 0 Å². The fourth-order valence-corrected chi connectivity index (χ4v) is 2.68. The molecule has 0 amide bonds. The van der Waals surface area contributed by atoms with Crippen molar-refractivity contribution in [2.45, 2.75) is 12.8 Å². The van der Waals surface area contributed by atoms with Crippen molar-refractivity contribution in [2.75, 3.05) is 52.9 Å². The van der Waals surface area contributed by atoms with Gasteiger partial charge in [-0.3, -0.25) is 9.59 Å². The number of hydrogen-bond acceptors (Lipinski definition) is 8. The van der Waals surface area contributed by atoms with Gasteiger partial charge < -0.3 is 28.4 Å². The smallest absolute Gasteiger partial charge is 0.313 e. The van der Waals surface area contributed by atoms with Gasteiger partial charge in [0.15, 0.2) is 23.3 Å². The van der Waals surface area contributed by atoms with Crippen LogP contribution in [0.5, 0.6) is 11.5 Å². The van der Waals surface area contributed by atoms with Gasteiger partial charge in [-0.2, -0.15) is 17.6 Å². The summed E-state index contributed by atoms with van der Waals surface area (Å²) < 4.78 is 135. The maximum Gasteiger partial charge on any atom is 0.313 e. The summed E-state index contributed by atoms with van der Waals surface area (Å²) in [6.45, 7) is 0.0595. The first-order chi connectivity index (χ1) is 19.0. The summed E-state index contributed by atoms with van der Waals surface area (Å²) in [5.41, 5.74) is 0. The number of carbonyl (C=O) groups is 2. The Bertz CT molecular complexity index is 1020. The van der Waals surface area contributed by atoms with Gasteiger partial charge in [0.25, 0.3) is 0 Å². The molecule has 0 fully saturated rings. The van der Waals surface area contributed by atoms with Crippen LogP contribution in [0.15, 0.2) is 12.1 Å². The molecule has 222 valence electrons. The monoisotopic (exact) mass is 590 g/mol. The lowest BCUT2D eigenvalue weighted by Gasteiger charge is -2.09. The molecule has 0 atom stereocenters. The first kappa shape index (κ1) is 32.9. The average molecular weight is 590 g/mol. The topological polar surface area (TPSA) is 89.5 Å². The Labute approximate surface area is 221 Å². The van der Waals surface area contributed by atoms with E-state index in [1.807, 2.05) is 0 Å². The number of carbonyl (C=O) groups excluding carboxylic acids is 2. The zero-order chi connectivity index (χ0) is 29.7. The van der Waals surface area contributed by atoms with E-state index in [9.17, 15) is 44.7 Å². The minimum Gasteiger partial charge on any atom is -0.420 e. The van der Waals surface area contributed by atoms with E-state index < -0.39 is 82.8 Å². The van der Waals surface area contributed by atoms with E-state index in [2.05, 4.69) is 9.47 Å². The second-order valence-corrected chi connectivity index (χ2v) is 7.49. The van der Waals surface area contributed by atoms with Gasteiger partial charge in [-0.1, -0.05) is 0 Å². The van der Waals surface area contributed by atoms with Crippen LogP contribution < -0.4 is 9.47 Å². The SMILES string of the molecule is O=C(CCOCCOCCOCCOCCC(=O)Oc1c(F)c(F)cc(F)c1F)Oc1c(F)c(F)cc(F)c1F. The molecule has 0 aromatic heterocycles. The van der Waals surface area contributed by atoms with Gasteiger partial charge in [0.1, 0.15) is 0 Å². The van der Waals surface area contributed by atoms with Crippen molar-refractivity contribution < 1.29 is 73.1 Å². The van der Waals surface area contributed by atoms with Crippen LogP contribution >= 0.6 is 0 Å². The summed E-state index contributed by atoms with van der Waals surface area (Å²) in [7, 11) is 0. The van der Waals surface area contributed by atoms with Crippen molar-refractivity contribution >= 4 is 11.9 Å². The summed E-state index contributed by atoms with van der Waals surface area (Å²) in [5, 5.41) is 0. The number of benzene rings is 2. The Hall–Kier alpha value is -3.34. The van der Waals surface area contributed by atoms with E-state index in [4.69, 9.17) is 18.9 Å². The highest BCUT2D eigenvalue weighted by Gasteiger charge is 2.24. The zero-order valence-electron chi connectivity index (χ0n) is 20.5. The first-order valence-corrected chi connectivity index (χ1v) is 11.4. The molecule has 2 aromatic rings. The molecule has 2 aromatic carbocycles. The molecular formula is C24H22F8O8. The third-order valence-electron chi connectivity index (χ3n) is 4.59. The Morgan fingerprint density at radius 1 is 0.450 bits per heavy atom. The lowest BCUT2D eigenvalue weighted by molar-refractivity contribution is -0.137. The van der Waals surface area contributed by atoms with Crippen LogP contribution in [0.3, 0.4) is 0 Å². The Balaban J connectivity index is 1.44. The highest BCUT2D eigenvalue weighted by atomic mass is 19.2. The van der Waals surface area contributed by atoms with Gasteiger partial charge >= 0.3 is 11.9 Å². The summed E-state index contributed by atoms with van der Waals surface area (Å²) in [6, 6.07) is -0.0451. The quantitative estimate of drug-likeness (QED) is 0.0893. The molecule has 0 N–H and O–H groups in total. The predicted octanol–water partition coefficient (Wildman–Crippen LogP) is 4.16. The van der Waals surface area contributed by atoms with Crippen molar-refractivity contribution in [3.05, 3.63) is 58.7 Å². The highest BCUT2D eigenvalue weighted by molar-refractivity contribution is 5.73. The molecule has 0 saturated heterocycles. The summed E-state index contributed by atoms with van der Waals surface area (Å²) in [4.78, 5) is 23.2. The minimum absolute atomic E-state index is 0.0226. The number of halogens is 8. The molecule has 2 rings (SSSR count). The fourth-order valence-electron chi connectivity index (χ4n) is 2.68. The van der Waals surface area contributed by atoms with Gasteiger partial charge in [0.2, 0.25) is 34.8 Å². The number of rotatable bonds is 17. The number of esters is 2. The van der Waals surface area contributed by atoms with Crippen molar-refractivity contribution in [2.24, 2.45) is 0 Å². The van der Waals surface area contributed by atoms with Gasteiger partial charge in [-0.05, 0) is 0 Å². The average Bonchev–Trinajstić information content (AvgIpc) is 2.91. The van der Waals surface area contributed by atoms with Gasteiger partial charge in [-0.15, -0.1) is 0 Å². The largest absolute Gasteiger partial charge is 0.420 e. The molecule has 0 aliphatic heterocycles. The van der Waals surface area contributed by atoms with Crippen LogP contribution in [0.4, 0.5) is 35.1 Å². The van der Waals surface area contributed by atoms with Crippen LogP contribution in [0.25, 0.3) is 0 Å². The predicted molar refractivity (Wildman–Crippen MR) is 116 cm³/mol. The van der Waals surface area contributed by atoms with Crippen LogP contribution in [-0.2, 0) is 28.5 Å². The normalized spacial score (nSPS) is 11.1. The lowest BCUT2D eigenvalue weighted by atomic mass is 10.3. The highest BCUT2D eigenvalue weighted by Crippen LogP contribution is 2.27. The first-order valence-electron chi connectivity index (χ1n) is 11.4. The van der Waals surface area contributed by atoms with Crippen LogP contribution in [0.1, 0.15) is 12.8 Å². The van der Waals surface area contributed by atoms with Gasteiger partial charge in [0, 0.05) is 12.1 Å². The van der Waals surface area contributed by atoms with E-state index in [-0.39, 0.29) is 65.0 Å². The number of hydrogen-bond donors (Lipinski definition) is 0.